The molecule has 1 aliphatic heterocycles. The largest absolute Gasteiger partial charge is 0.493 e. The van der Waals surface area contributed by atoms with Gasteiger partial charge in [0.05, 0.1) is 19.8 Å². The fourth-order valence-electron chi connectivity index (χ4n) is 4.37. The van der Waals surface area contributed by atoms with Crippen LogP contribution in [0.5, 0.6) is 11.5 Å². The number of benzene rings is 3. The number of carbonyl (C=O) groups is 1. The summed E-state index contributed by atoms with van der Waals surface area (Å²) in [7, 11) is 3.33. The first-order valence-corrected chi connectivity index (χ1v) is 13.0. The summed E-state index contributed by atoms with van der Waals surface area (Å²) in [4.78, 5) is 18.6. The summed E-state index contributed by atoms with van der Waals surface area (Å²) in [6.45, 7) is 5.29. The molecule has 0 bridgehead atoms. The third-order valence-corrected chi connectivity index (χ3v) is 7.10. The maximum atomic E-state index is 12.7. The Bertz CT molecular complexity index is 1150. The molecule has 0 saturated carbocycles. The van der Waals surface area contributed by atoms with Gasteiger partial charge in [0.25, 0.3) is 5.91 Å². The van der Waals surface area contributed by atoms with E-state index in [1.54, 1.807) is 26.0 Å². The van der Waals surface area contributed by atoms with Crippen LogP contribution in [-0.2, 0) is 13.1 Å². The molecule has 1 fully saturated rings. The summed E-state index contributed by atoms with van der Waals surface area (Å²) in [5, 5.41) is 3.07. The molecule has 0 aromatic heterocycles. The Morgan fingerprint density at radius 1 is 0.886 bits per heavy atom. The van der Waals surface area contributed by atoms with Gasteiger partial charge in [-0.1, -0.05) is 30.3 Å². The van der Waals surface area contributed by atoms with Crippen LogP contribution in [-0.4, -0.2) is 57.5 Å². The average molecular weight is 492 g/mol. The summed E-state index contributed by atoms with van der Waals surface area (Å²) in [6.07, 6.45) is 1.99. The van der Waals surface area contributed by atoms with Crippen LogP contribution in [0.25, 0.3) is 0 Å². The molecule has 4 rings (SSSR count). The molecule has 1 N–H and O–H groups in total. The first kappa shape index (κ1) is 24.9. The molecule has 184 valence electrons. The number of anilines is 1. The number of nitrogens with one attached hydrogen (secondary N) is 1. The van der Waals surface area contributed by atoms with Crippen LogP contribution in [0.4, 0.5) is 5.69 Å². The van der Waals surface area contributed by atoms with Crippen molar-refractivity contribution in [1.82, 2.24) is 10.2 Å². The Morgan fingerprint density at radius 2 is 1.66 bits per heavy atom. The van der Waals surface area contributed by atoms with E-state index in [0.29, 0.717) is 6.54 Å². The van der Waals surface area contributed by atoms with Crippen LogP contribution in [0.3, 0.4) is 0 Å². The van der Waals surface area contributed by atoms with Crippen molar-refractivity contribution in [3.63, 3.8) is 0 Å². The van der Waals surface area contributed by atoms with E-state index < -0.39 is 0 Å². The number of carbonyl (C=O) groups excluding carboxylic acids is 1. The molecule has 7 heteroatoms. The van der Waals surface area contributed by atoms with E-state index in [2.05, 4.69) is 51.5 Å². The summed E-state index contributed by atoms with van der Waals surface area (Å²) in [6, 6.07) is 22.3. The second-order valence-corrected chi connectivity index (χ2v) is 9.35. The van der Waals surface area contributed by atoms with Gasteiger partial charge in [0.1, 0.15) is 0 Å². The number of piperazine rings is 1. The first-order chi connectivity index (χ1) is 17.1. The fourth-order valence-corrected chi connectivity index (χ4v) is 4.97. The number of hydrogen-bond donors (Lipinski definition) is 1. The minimum Gasteiger partial charge on any atom is -0.493 e. The highest BCUT2D eigenvalue weighted by molar-refractivity contribution is 7.98. The van der Waals surface area contributed by atoms with Crippen molar-refractivity contribution in [1.29, 1.82) is 0 Å². The topological polar surface area (TPSA) is 54.0 Å². The molecule has 3 aromatic carbocycles. The minimum absolute atomic E-state index is 0.0378. The van der Waals surface area contributed by atoms with E-state index in [1.807, 2.05) is 36.6 Å². The Labute approximate surface area is 212 Å². The maximum Gasteiger partial charge on any atom is 0.252 e. The summed E-state index contributed by atoms with van der Waals surface area (Å²) < 4.78 is 10.8. The number of nitrogens with zero attached hydrogens (tertiary/aromatic N) is 2. The van der Waals surface area contributed by atoms with Crippen molar-refractivity contribution in [3.05, 3.63) is 83.4 Å². The Morgan fingerprint density at radius 3 is 2.40 bits per heavy atom. The second-order valence-electron chi connectivity index (χ2n) is 8.51. The predicted octanol–water partition coefficient (Wildman–Crippen LogP) is 4.68. The molecule has 0 unspecified atom stereocenters. The summed E-state index contributed by atoms with van der Waals surface area (Å²) >= 11 is 1.59. The Kier molecular flexibility index (Phi) is 8.55. The predicted molar refractivity (Wildman–Crippen MR) is 143 cm³/mol. The molecule has 0 atom stereocenters. The van der Waals surface area contributed by atoms with Gasteiger partial charge in [-0.25, -0.2) is 0 Å². The second kappa shape index (κ2) is 12.0. The van der Waals surface area contributed by atoms with Crippen LogP contribution >= 0.6 is 11.8 Å². The zero-order valence-electron chi connectivity index (χ0n) is 20.6. The average Bonchev–Trinajstić information content (AvgIpc) is 2.92. The number of ether oxygens (including phenoxy) is 2. The van der Waals surface area contributed by atoms with Crippen LogP contribution in [0.15, 0.2) is 71.6 Å². The summed E-state index contributed by atoms with van der Waals surface area (Å²) in [5.74, 6) is 1.49. The highest BCUT2D eigenvalue weighted by Gasteiger charge is 2.18. The van der Waals surface area contributed by atoms with Gasteiger partial charge >= 0.3 is 0 Å². The van der Waals surface area contributed by atoms with Gasteiger partial charge in [0.2, 0.25) is 0 Å². The number of methoxy groups -OCH3 is 2. The molecule has 1 amide bonds. The zero-order chi connectivity index (χ0) is 24.6. The molecule has 1 saturated heterocycles. The van der Waals surface area contributed by atoms with Gasteiger partial charge in [0.15, 0.2) is 11.5 Å². The smallest absolute Gasteiger partial charge is 0.252 e. The number of rotatable bonds is 9. The molecule has 0 radical (unpaired) electrons. The van der Waals surface area contributed by atoms with Crippen molar-refractivity contribution in [2.75, 3.05) is 51.6 Å². The number of hydrogen-bond acceptors (Lipinski definition) is 6. The van der Waals surface area contributed by atoms with E-state index in [9.17, 15) is 4.79 Å². The summed E-state index contributed by atoms with van der Waals surface area (Å²) in [5.41, 5.74) is 4.25. The fraction of sp³-hybridized carbons (Fsp3) is 0.321. The highest BCUT2D eigenvalue weighted by atomic mass is 32.2. The van der Waals surface area contributed by atoms with Crippen molar-refractivity contribution < 1.29 is 14.3 Å². The van der Waals surface area contributed by atoms with E-state index in [4.69, 9.17) is 9.47 Å². The third kappa shape index (κ3) is 6.29. The Balaban J connectivity index is 1.31. The minimum atomic E-state index is -0.0378. The van der Waals surface area contributed by atoms with Crippen LogP contribution in [0.1, 0.15) is 21.5 Å². The highest BCUT2D eigenvalue weighted by Crippen LogP contribution is 2.28. The third-order valence-electron chi connectivity index (χ3n) is 6.31. The number of amides is 1. The van der Waals surface area contributed by atoms with Gasteiger partial charge in [-0.15, -0.1) is 11.8 Å². The molecule has 0 aliphatic carbocycles. The van der Waals surface area contributed by atoms with E-state index >= 15 is 0 Å². The lowest BCUT2D eigenvalue weighted by Gasteiger charge is -2.36. The molecule has 3 aromatic rings. The van der Waals surface area contributed by atoms with Crippen molar-refractivity contribution in [2.45, 2.75) is 18.0 Å². The molecule has 1 heterocycles. The first-order valence-electron chi connectivity index (χ1n) is 11.8. The molecular formula is C28H33N3O3S. The standard InChI is InChI=1S/C28H33N3O3S/c1-33-25-12-11-22(18-26(25)34-2)20-30-13-15-31(16-14-30)23-8-6-7-21(17-23)19-29-28(32)24-9-4-5-10-27(24)35-3/h4-12,17-18H,13-16,19-20H2,1-3H3,(H,29,32). The normalized spacial score (nSPS) is 14.0. The van der Waals surface area contributed by atoms with Crippen LogP contribution in [0, 0.1) is 0 Å². The molecule has 1 aliphatic rings. The molecule has 6 nitrogen and oxygen atoms in total. The number of thioether (sulfide) groups is 1. The SMILES string of the molecule is COc1ccc(CN2CCN(c3cccc(CNC(=O)c4ccccc4SC)c3)CC2)cc1OC. The van der Waals surface area contributed by atoms with Crippen LogP contribution in [0.2, 0.25) is 0 Å². The zero-order valence-corrected chi connectivity index (χ0v) is 21.4. The molecule has 0 spiro atoms. The molecular weight excluding hydrogens is 458 g/mol. The van der Waals surface area contributed by atoms with E-state index in [0.717, 1.165) is 60.2 Å². The quantitative estimate of drug-likeness (QED) is 0.439. The van der Waals surface area contributed by atoms with E-state index in [1.165, 1.54) is 11.3 Å². The maximum absolute atomic E-state index is 12.7. The van der Waals surface area contributed by atoms with Gasteiger partial charge in [-0.2, -0.15) is 0 Å². The lowest BCUT2D eigenvalue weighted by molar-refractivity contribution is 0.0948. The van der Waals surface area contributed by atoms with Crippen LogP contribution < -0.4 is 19.7 Å². The van der Waals surface area contributed by atoms with Gasteiger partial charge in [-0.3, -0.25) is 9.69 Å². The van der Waals surface area contributed by atoms with Crippen molar-refractivity contribution >= 4 is 23.4 Å². The lowest BCUT2D eigenvalue weighted by atomic mass is 10.1. The van der Waals surface area contributed by atoms with Gasteiger partial charge in [0, 0.05) is 49.9 Å². The molecule has 35 heavy (non-hydrogen) atoms. The van der Waals surface area contributed by atoms with Gasteiger partial charge < -0.3 is 19.7 Å². The van der Waals surface area contributed by atoms with E-state index in [-0.39, 0.29) is 5.91 Å². The van der Waals surface area contributed by atoms with Gasteiger partial charge in [-0.05, 0) is 53.8 Å². The Hall–Kier alpha value is -3.16. The van der Waals surface area contributed by atoms with Crippen molar-refractivity contribution in [3.8, 4) is 11.5 Å². The lowest BCUT2D eigenvalue weighted by Crippen LogP contribution is -2.46. The van der Waals surface area contributed by atoms with Crippen molar-refractivity contribution in [2.24, 2.45) is 0 Å². The monoisotopic (exact) mass is 491 g/mol.